The summed E-state index contributed by atoms with van der Waals surface area (Å²) in [5, 5.41) is 2.29. The van der Waals surface area contributed by atoms with Crippen LogP contribution in [0.4, 0.5) is 0 Å². The zero-order chi connectivity index (χ0) is 13.2. The molecule has 0 radical (unpaired) electrons. The van der Waals surface area contributed by atoms with E-state index in [2.05, 4.69) is 6.07 Å². The summed E-state index contributed by atoms with van der Waals surface area (Å²) in [4.78, 5) is 12.0. The normalized spacial score (nSPS) is 14.6. The second-order valence-electron chi connectivity index (χ2n) is 5.37. The lowest BCUT2D eigenvalue weighted by atomic mass is 9.98. The standard InChI is InChI=1S/C17H18O2/c1-19-16-8-7-13-3-2-4-14(17(13)11-16)10-15(18)9-12-5-6-12/h2-4,7-8,11-12H,5-6,9-10H2,1H3. The van der Waals surface area contributed by atoms with Crippen LogP contribution >= 0.6 is 0 Å². The number of Topliss-reactive ketones (excluding diaryl/α,β-unsaturated/α-hetero) is 1. The van der Waals surface area contributed by atoms with Crippen molar-refractivity contribution in [2.75, 3.05) is 7.11 Å². The summed E-state index contributed by atoms with van der Waals surface area (Å²) in [6.45, 7) is 0. The molecule has 2 nitrogen and oxygen atoms in total. The van der Waals surface area contributed by atoms with Crippen molar-refractivity contribution in [1.82, 2.24) is 0 Å². The van der Waals surface area contributed by atoms with Gasteiger partial charge in [-0.1, -0.05) is 24.3 Å². The Kier molecular flexibility index (Phi) is 3.24. The molecule has 0 N–H and O–H groups in total. The number of ketones is 1. The average Bonchev–Trinajstić information content (AvgIpc) is 3.22. The Bertz CT molecular complexity index is 612. The van der Waals surface area contributed by atoms with Crippen molar-refractivity contribution in [3.8, 4) is 5.75 Å². The second kappa shape index (κ2) is 5.04. The molecule has 1 saturated carbocycles. The minimum absolute atomic E-state index is 0.359. The van der Waals surface area contributed by atoms with Gasteiger partial charge in [-0.15, -0.1) is 0 Å². The first kappa shape index (κ1) is 12.2. The topological polar surface area (TPSA) is 26.3 Å². The molecule has 0 saturated heterocycles. The molecule has 0 heterocycles. The molecule has 98 valence electrons. The molecule has 0 atom stereocenters. The lowest BCUT2D eigenvalue weighted by molar-refractivity contribution is -0.118. The third-order valence-corrected chi connectivity index (χ3v) is 3.78. The van der Waals surface area contributed by atoms with Crippen LogP contribution in [0.1, 0.15) is 24.8 Å². The van der Waals surface area contributed by atoms with Crippen LogP contribution < -0.4 is 4.74 Å². The van der Waals surface area contributed by atoms with Gasteiger partial charge in [0.05, 0.1) is 7.11 Å². The number of hydrogen-bond acceptors (Lipinski definition) is 2. The van der Waals surface area contributed by atoms with E-state index in [1.54, 1.807) is 7.11 Å². The van der Waals surface area contributed by atoms with Crippen LogP contribution in [0, 0.1) is 5.92 Å². The number of hydrogen-bond donors (Lipinski definition) is 0. The molecule has 0 bridgehead atoms. The Hall–Kier alpha value is -1.83. The maximum absolute atomic E-state index is 12.0. The predicted molar refractivity (Wildman–Crippen MR) is 76.6 cm³/mol. The molecule has 0 amide bonds. The number of carbonyl (C=O) groups is 1. The fraction of sp³-hybridized carbons (Fsp3) is 0.353. The van der Waals surface area contributed by atoms with Crippen LogP contribution in [0.2, 0.25) is 0 Å². The Morgan fingerprint density at radius 3 is 2.84 bits per heavy atom. The van der Waals surface area contributed by atoms with E-state index in [4.69, 9.17) is 4.74 Å². The third-order valence-electron chi connectivity index (χ3n) is 3.78. The molecule has 2 heteroatoms. The van der Waals surface area contributed by atoms with E-state index in [9.17, 15) is 4.79 Å². The number of ether oxygens (including phenoxy) is 1. The fourth-order valence-electron chi connectivity index (χ4n) is 2.53. The first-order valence-corrected chi connectivity index (χ1v) is 6.83. The highest BCUT2D eigenvalue weighted by Crippen LogP contribution is 2.33. The molecule has 1 aliphatic rings. The van der Waals surface area contributed by atoms with E-state index in [-0.39, 0.29) is 0 Å². The number of methoxy groups -OCH3 is 1. The second-order valence-corrected chi connectivity index (χ2v) is 5.37. The number of fused-ring (bicyclic) bond motifs is 1. The van der Waals surface area contributed by atoms with Crippen molar-refractivity contribution in [2.24, 2.45) is 5.92 Å². The summed E-state index contributed by atoms with van der Waals surface area (Å²) in [6.07, 6.45) is 3.76. The van der Waals surface area contributed by atoms with E-state index >= 15 is 0 Å². The largest absolute Gasteiger partial charge is 0.497 e. The molecular formula is C17H18O2. The zero-order valence-electron chi connectivity index (χ0n) is 11.2. The average molecular weight is 254 g/mol. The van der Waals surface area contributed by atoms with Crippen molar-refractivity contribution in [3.05, 3.63) is 42.0 Å². The molecule has 0 aliphatic heterocycles. The van der Waals surface area contributed by atoms with Crippen LogP contribution in [0.5, 0.6) is 5.75 Å². The molecule has 0 aromatic heterocycles. The minimum Gasteiger partial charge on any atom is -0.497 e. The molecule has 0 spiro atoms. The highest BCUT2D eigenvalue weighted by molar-refractivity contribution is 5.91. The van der Waals surface area contributed by atoms with Crippen molar-refractivity contribution < 1.29 is 9.53 Å². The summed E-state index contributed by atoms with van der Waals surface area (Å²) in [5.41, 5.74) is 1.11. The van der Waals surface area contributed by atoms with Crippen LogP contribution in [0.3, 0.4) is 0 Å². The van der Waals surface area contributed by atoms with Gasteiger partial charge in [0.2, 0.25) is 0 Å². The fourth-order valence-corrected chi connectivity index (χ4v) is 2.53. The third kappa shape index (κ3) is 2.78. The van der Waals surface area contributed by atoms with E-state index in [0.29, 0.717) is 18.1 Å². The molecule has 2 aromatic rings. The summed E-state index contributed by atoms with van der Waals surface area (Å²) >= 11 is 0. The van der Waals surface area contributed by atoms with Gasteiger partial charge in [0, 0.05) is 12.8 Å². The predicted octanol–water partition coefficient (Wildman–Crippen LogP) is 3.76. The molecule has 1 fully saturated rings. The van der Waals surface area contributed by atoms with Gasteiger partial charge in [0.15, 0.2) is 0 Å². The monoisotopic (exact) mass is 254 g/mol. The molecular weight excluding hydrogens is 236 g/mol. The highest BCUT2D eigenvalue weighted by atomic mass is 16.5. The Labute approximate surface area is 113 Å². The van der Waals surface area contributed by atoms with E-state index in [0.717, 1.165) is 28.5 Å². The first-order valence-electron chi connectivity index (χ1n) is 6.83. The van der Waals surface area contributed by atoms with Gasteiger partial charge in [0.1, 0.15) is 11.5 Å². The Balaban J connectivity index is 1.90. The van der Waals surface area contributed by atoms with Crippen LogP contribution in [-0.2, 0) is 11.2 Å². The van der Waals surface area contributed by atoms with Crippen LogP contribution in [0.25, 0.3) is 10.8 Å². The maximum Gasteiger partial charge on any atom is 0.137 e. The van der Waals surface area contributed by atoms with E-state index in [1.807, 2.05) is 30.3 Å². The van der Waals surface area contributed by atoms with Crippen LogP contribution in [-0.4, -0.2) is 12.9 Å². The molecule has 3 rings (SSSR count). The Morgan fingerprint density at radius 2 is 2.11 bits per heavy atom. The van der Waals surface area contributed by atoms with Gasteiger partial charge in [-0.3, -0.25) is 4.79 Å². The lowest BCUT2D eigenvalue weighted by Crippen LogP contribution is -2.04. The number of carbonyl (C=O) groups excluding carboxylic acids is 1. The summed E-state index contributed by atoms with van der Waals surface area (Å²) < 4.78 is 5.27. The van der Waals surface area contributed by atoms with E-state index < -0.39 is 0 Å². The van der Waals surface area contributed by atoms with Crippen molar-refractivity contribution in [1.29, 1.82) is 0 Å². The molecule has 2 aromatic carbocycles. The van der Waals surface area contributed by atoms with Gasteiger partial charge in [-0.05, 0) is 47.2 Å². The van der Waals surface area contributed by atoms with Crippen molar-refractivity contribution in [3.63, 3.8) is 0 Å². The molecule has 1 aliphatic carbocycles. The van der Waals surface area contributed by atoms with Gasteiger partial charge in [-0.2, -0.15) is 0 Å². The van der Waals surface area contributed by atoms with Gasteiger partial charge < -0.3 is 4.74 Å². The minimum atomic E-state index is 0.359. The summed E-state index contributed by atoms with van der Waals surface area (Å²) in [7, 11) is 1.67. The van der Waals surface area contributed by atoms with Gasteiger partial charge in [0.25, 0.3) is 0 Å². The van der Waals surface area contributed by atoms with Crippen LogP contribution in [0.15, 0.2) is 36.4 Å². The van der Waals surface area contributed by atoms with Gasteiger partial charge in [-0.25, -0.2) is 0 Å². The van der Waals surface area contributed by atoms with Crippen molar-refractivity contribution in [2.45, 2.75) is 25.7 Å². The lowest BCUT2D eigenvalue weighted by Gasteiger charge is -2.08. The first-order chi connectivity index (χ1) is 9.26. The molecule has 19 heavy (non-hydrogen) atoms. The number of rotatable bonds is 5. The SMILES string of the molecule is COc1ccc2cccc(CC(=O)CC3CC3)c2c1. The van der Waals surface area contributed by atoms with Gasteiger partial charge >= 0.3 is 0 Å². The van der Waals surface area contributed by atoms with E-state index in [1.165, 1.54) is 12.8 Å². The van der Waals surface area contributed by atoms with Crippen molar-refractivity contribution >= 4 is 16.6 Å². The highest BCUT2D eigenvalue weighted by Gasteiger charge is 2.24. The smallest absolute Gasteiger partial charge is 0.137 e. The Morgan fingerprint density at radius 1 is 1.26 bits per heavy atom. The summed E-state index contributed by atoms with van der Waals surface area (Å²) in [6, 6.07) is 12.2. The number of benzene rings is 2. The maximum atomic E-state index is 12.0. The quantitative estimate of drug-likeness (QED) is 0.812. The molecule has 0 unspecified atom stereocenters. The summed E-state index contributed by atoms with van der Waals surface area (Å²) in [5.74, 6) is 1.87. The zero-order valence-corrected chi connectivity index (χ0v) is 11.2.